The first-order chi connectivity index (χ1) is 11.1. The highest BCUT2D eigenvalue weighted by molar-refractivity contribution is 6.33. The lowest BCUT2D eigenvalue weighted by Gasteiger charge is -2.07. The Morgan fingerprint density at radius 3 is 2.61 bits per heavy atom. The Labute approximate surface area is 138 Å². The van der Waals surface area contributed by atoms with Crippen LogP contribution in [-0.2, 0) is 11.3 Å². The van der Waals surface area contributed by atoms with Crippen LogP contribution in [0.2, 0.25) is 5.02 Å². The number of nitrogens with one attached hydrogen (secondary N) is 2. The van der Waals surface area contributed by atoms with E-state index in [-0.39, 0.29) is 17.9 Å². The number of anilines is 1. The molecular weight excluding hydrogens is 317 g/mol. The molecule has 0 bridgehead atoms. The van der Waals surface area contributed by atoms with Crippen LogP contribution < -0.4 is 10.6 Å². The van der Waals surface area contributed by atoms with Crippen LogP contribution in [0.25, 0.3) is 0 Å². The molecule has 2 rings (SSSR count). The second-order valence-corrected chi connectivity index (χ2v) is 4.98. The number of carbonyl (C=O) groups excluding carboxylic acids is 1. The Hall–Kier alpha value is -2.84. The number of para-hydroxylation sites is 1. The summed E-state index contributed by atoms with van der Waals surface area (Å²) in [5, 5.41) is 14.7. The lowest BCUT2D eigenvalue weighted by atomic mass is 10.2. The predicted octanol–water partition coefficient (Wildman–Crippen LogP) is 3.61. The van der Waals surface area contributed by atoms with E-state index in [0.29, 0.717) is 16.3 Å². The van der Waals surface area contributed by atoms with Crippen molar-refractivity contribution in [1.29, 1.82) is 5.26 Å². The summed E-state index contributed by atoms with van der Waals surface area (Å²) in [6.07, 6.45) is 1.25. The zero-order valence-corrected chi connectivity index (χ0v) is 12.8. The fourth-order valence-electron chi connectivity index (χ4n) is 1.81. The number of nitriles is 1. The Morgan fingerprint density at radius 1 is 1.22 bits per heavy atom. The highest BCUT2D eigenvalue weighted by Gasteiger charge is 2.10. The molecule has 0 aliphatic carbocycles. The molecule has 0 aromatic heterocycles. The van der Waals surface area contributed by atoms with E-state index in [1.165, 1.54) is 12.3 Å². The van der Waals surface area contributed by atoms with E-state index in [0.717, 1.165) is 0 Å². The van der Waals surface area contributed by atoms with Crippen LogP contribution in [0.3, 0.4) is 0 Å². The number of halogens is 2. The van der Waals surface area contributed by atoms with Crippen LogP contribution in [0.4, 0.5) is 10.1 Å². The Bertz CT molecular complexity index is 783. The van der Waals surface area contributed by atoms with Crippen molar-refractivity contribution in [3.05, 3.63) is 76.7 Å². The van der Waals surface area contributed by atoms with Gasteiger partial charge in [0.05, 0.1) is 10.7 Å². The van der Waals surface area contributed by atoms with Crippen molar-refractivity contribution in [2.24, 2.45) is 0 Å². The van der Waals surface area contributed by atoms with Gasteiger partial charge in [-0.3, -0.25) is 4.79 Å². The smallest absolute Gasteiger partial charge is 0.267 e. The minimum atomic E-state index is -0.596. The van der Waals surface area contributed by atoms with E-state index < -0.39 is 5.91 Å². The third-order valence-corrected chi connectivity index (χ3v) is 3.31. The van der Waals surface area contributed by atoms with Gasteiger partial charge in [0.25, 0.3) is 5.91 Å². The van der Waals surface area contributed by atoms with Crippen molar-refractivity contribution < 1.29 is 9.18 Å². The first-order valence-corrected chi connectivity index (χ1v) is 7.12. The minimum absolute atomic E-state index is 0.138. The maximum absolute atomic E-state index is 13.5. The first-order valence-electron chi connectivity index (χ1n) is 6.74. The summed E-state index contributed by atoms with van der Waals surface area (Å²) in [5.74, 6) is -0.950. The van der Waals surface area contributed by atoms with Crippen LogP contribution in [0.5, 0.6) is 0 Å². The molecule has 0 unspecified atom stereocenters. The molecule has 0 fully saturated rings. The zero-order valence-electron chi connectivity index (χ0n) is 12.0. The van der Waals surface area contributed by atoms with Gasteiger partial charge in [0.2, 0.25) is 0 Å². The van der Waals surface area contributed by atoms with E-state index in [1.807, 2.05) is 0 Å². The number of amides is 1. The summed E-state index contributed by atoms with van der Waals surface area (Å²) in [5.41, 5.74) is 0.711. The third-order valence-electron chi connectivity index (χ3n) is 2.98. The number of hydrogen-bond acceptors (Lipinski definition) is 3. The van der Waals surface area contributed by atoms with E-state index >= 15 is 0 Å². The largest absolute Gasteiger partial charge is 0.385 e. The summed E-state index contributed by atoms with van der Waals surface area (Å²) in [4.78, 5) is 12.0. The SMILES string of the molecule is N#C/C(=C/NCc1ccccc1F)C(=O)Nc1ccccc1Cl. The van der Waals surface area contributed by atoms with E-state index in [9.17, 15) is 9.18 Å². The van der Waals surface area contributed by atoms with Crippen LogP contribution in [0.1, 0.15) is 5.56 Å². The molecule has 2 N–H and O–H groups in total. The third kappa shape index (κ3) is 4.56. The zero-order chi connectivity index (χ0) is 16.7. The maximum Gasteiger partial charge on any atom is 0.267 e. The van der Waals surface area contributed by atoms with Crippen LogP contribution in [0, 0.1) is 17.1 Å². The van der Waals surface area contributed by atoms with Crippen LogP contribution >= 0.6 is 11.6 Å². The maximum atomic E-state index is 13.5. The quantitative estimate of drug-likeness (QED) is 0.650. The molecule has 0 spiro atoms. The summed E-state index contributed by atoms with van der Waals surface area (Å²) >= 11 is 5.94. The lowest BCUT2D eigenvalue weighted by molar-refractivity contribution is -0.112. The molecule has 0 saturated carbocycles. The predicted molar refractivity (Wildman–Crippen MR) is 87.0 cm³/mol. The summed E-state index contributed by atoms with van der Waals surface area (Å²) < 4.78 is 13.5. The summed E-state index contributed by atoms with van der Waals surface area (Å²) in [6, 6.07) is 14.8. The second-order valence-electron chi connectivity index (χ2n) is 4.58. The fourth-order valence-corrected chi connectivity index (χ4v) is 1.99. The number of nitrogens with zero attached hydrogens (tertiary/aromatic N) is 1. The average molecular weight is 330 g/mol. The average Bonchev–Trinajstić information content (AvgIpc) is 2.55. The van der Waals surface area contributed by atoms with Gasteiger partial charge in [0.1, 0.15) is 17.5 Å². The van der Waals surface area contributed by atoms with Gasteiger partial charge in [-0.2, -0.15) is 5.26 Å². The molecule has 0 atom stereocenters. The van der Waals surface area contributed by atoms with Gasteiger partial charge in [0, 0.05) is 18.3 Å². The van der Waals surface area contributed by atoms with Gasteiger partial charge in [0.15, 0.2) is 0 Å². The molecule has 2 aromatic carbocycles. The molecular formula is C17H13ClFN3O. The van der Waals surface area contributed by atoms with Gasteiger partial charge in [-0.15, -0.1) is 0 Å². The van der Waals surface area contributed by atoms with Gasteiger partial charge in [-0.25, -0.2) is 4.39 Å². The van der Waals surface area contributed by atoms with Gasteiger partial charge < -0.3 is 10.6 Å². The number of rotatable bonds is 5. The number of hydrogen-bond donors (Lipinski definition) is 2. The first kappa shape index (κ1) is 16.5. The van der Waals surface area contributed by atoms with Gasteiger partial charge >= 0.3 is 0 Å². The molecule has 0 radical (unpaired) electrons. The fraction of sp³-hybridized carbons (Fsp3) is 0.0588. The Morgan fingerprint density at radius 2 is 1.91 bits per heavy atom. The molecule has 4 nitrogen and oxygen atoms in total. The molecule has 116 valence electrons. The van der Waals surface area contributed by atoms with Crippen molar-refractivity contribution in [1.82, 2.24) is 5.32 Å². The Kier molecular flexibility index (Phi) is 5.73. The molecule has 0 saturated heterocycles. The van der Waals surface area contributed by atoms with Crippen molar-refractivity contribution in [3.63, 3.8) is 0 Å². The van der Waals surface area contributed by atoms with Crippen LogP contribution in [0.15, 0.2) is 60.3 Å². The van der Waals surface area contributed by atoms with E-state index in [2.05, 4.69) is 10.6 Å². The monoisotopic (exact) mass is 329 g/mol. The second kappa shape index (κ2) is 7.97. The van der Waals surface area contributed by atoms with Gasteiger partial charge in [-0.05, 0) is 18.2 Å². The van der Waals surface area contributed by atoms with Gasteiger partial charge in [-0.1, -0.05) is 41.9 Å². The molecule has 0 aliphatic heterocycles. The molecule has 2 aromatic rings. The topological polar surface area (TPSA) is 64.9 Å². The van der Waals surface area contributed by atoms with Crippen LogP contribution in [-0.4, -0.2) is 5.91 Å². The summed E-state index contributed by atoms with van der Waals surface area (Å²) in [7, 11) is 0. The normalized spacial score (nSPS) is 10.7. The van der Waals surface area contributed by atoms with Crippen molar-refractivity contribution in [3.8, 4) is 6.07 Å². The minimum Gasteiger partial charge on any atom is -0.385 e. The summed E-state index contributed by atoms with van der Waals surface area (Å²) in [6.45, 7) is 0.164. The van der Waals surface area contributed by atoms with Crippen molar-refractivity contribution in [2.45, 2.75) is 6.54 Å². The molecule has 23 heavy (non-hydrogen) atoms. The highest BCUT2D eigenvalue weighted by atomic mass is 35.5. The van der Waals surface area contributed by atoms with Crippen molar-refractivity contribution in [2.75, 3.05) is 5.32 Å². The van der Waals surface area contributed by atoms with E-state index in [4.69, 9.17) is 16.9 Å². The number of benzene rings is 2. The molecule has 0 aliphatic rings. The molecule has 6 heteroatoms. The highest BCUT2D eigenvalue weighted by Crippen LogP contribution is 2.20. The van der Waals surface area contributed by atoms with Crippen molar-refractivity contribution >= 4 is 23.2 Å². The Balaban J connectivity index is 2.01. The number of carbonyl (C=O) groups is 1. The standard InChI is InChI=1S/C17H13ClFN3O/c18-14-6-2-4-8-16(14)22-17(23)13(9-20)11-21-10-12-5-1-3-7-15(12)19/h1-8,11,21H,10H2,(H,22,23)/b13-11-. The lowest BCUT2D eigenvalue weighted by Crippen LogP contribution is -2.17. The molecule has 1 amide bonds. The molecule has 0 heterocycles. The van der Waals surface area contributed by atoms with E-state index in [1.54, 1.807) is 48.5 Å².